The van der Waals surface area contributed by atoms with Gasteiger partial charge in [-0.15, -0.1) is 0 Å². The van der Waals surface area contributed by atoms with Crippen molar-refractivity contribution >= 4 is 5.71 Å². The molecule has 1 heterocycles. The SMILES string of the molecule is CN1C(C)(C)C(CC(O)(c2ccccc2)c2ccccc2)=[N+]([O-])C1(C)C. The molecule has 1 aliphatic rings. The Hall–Kier alpha value is -2.17. The van der Waals surface area contributed by atoms with E-state index in [-0.39, 0.29) is 6.42 Å². The first-order valence-corrected chi connectivity index (χ1v) is 9.03. The lowest BCUT2D eigenvalue weighted by Crippen LogP contribution is -2.51. The molecule has 0 atom stereocenters. The molecule has 0 aliphatic carbocycles. The number of rotatable bonds is 4. The van der Waals surface area contributed by atoms with E-state index in [1.54, 1.807) is 0 Å². The fourth-order valence-electron chi connectivity index (χ4n) is 3.92. The maximum atomic E-state index is 13.1. The van der Waals surface area contributed by atoms with E-state index in [9.17, 15) is 10.3 Å². The summed E-state index contributed by atoms with van der Waals surface area (Å²) in [5, 5.41) is 24.9. The Morgan fingerprint density at radius 3 is 1.69 bits per heavy atom. The second-order valence-electron chi connectivity index (χ2n) is 8.12. The van der Waals surface area contributed by atoms with E-state index in [4.69, 9.17) is 0 Å². The number of aliphatic hydroxyl groups is 1. The predicted octanol–water partition coefficient (Wildman–Crippen LogP) is 3.72. The van der Waals surface area contributed by atoms with Crippen molar-refractivity contribution < 1.29 is 9.85 Å². The van der Waals surface area contributed by atoms with Crippen LogP contribution in [0, 0.1) is 5.21 Å². The minimum atomic E-state index is -1.26. The van der Waals surface area contributed by atoms with Crippen LogP contribution in [0.1, 0.15) is 45.2 Å². The van der Waals surface area contributed by atoms with E-state index in [2.05, 4.69) is 4.90 Å². The Balaban J connectivity index is 2.15. The molecule has 26 heavy (non-hydrogen) atoms. The highest BCUT2D eigenvalue weighted by molar-refractivity contribution is 5.91. The lowest BCUT2D eigenvalue weighted by atomic mass is 9.78. The average molecular weight is 352 g/mol. The van der Waals surface area contributed by atoms with Crippen LogP contribution in [-0.4, -0.2) is 38.7 Å². The minimum Gasteiger partial charge on any atom is -0.622 e. The summed E-state index contributed by atoms with van der Waals surface area (Å²) >= 11 is 0. The number of nitrogens with zero attached hydrogens (tertiary/aromatic N) is 2. The van der Waals surface area contributed by atoms with Crippen LogP contribution in [0.25, 0.3) is 0 Å². The topological polar surface area (TPSA) is 49.5 Å². The van der Waals surface area contributed by atoms with Crippen LogP contribution in [-0.2, 0) is 5.60 Å². The van der Waals surface area contributed by atoms with Gasteiger partial charge in [0, 0.05) is 13.8 Å². The average Bonchev–Trinajstić information content (AvgIpc) is 2.75. The van der Waals surface area contributed by atoms with Crippen molar-refractivity contribution in [2.24, 2.45) is 0 Å². The molecule has 4 nitrogen and oxygen atoms in total. The molecule has 0 spiro atoms. The van der Waals surface area contributed by atoms with E-state index in [0.29, 0.717) is 5.71 Å². The fourth-order valence-corrected chi connectivity index (χ4v) is 3.92. The van der Waals surface area contributed by atoms with Crippen LogP contribution in [0.5, 0.6) is 0 Å². The molecule has 0 saturated carbocycles. The summed E-state index contributed by atoms with van der Waals surface area (Å²) in [6.45, 7) is 7.91. The highest BCUT2D eigenvalue weighted by Crippen LogP contribution is 2.40. The quantitative estimate of drug-likeness (QED) is 0.674. The van der Waals surface area contributed by atoms with Crippen LogP contribution in [0.4, 0.5) is 0 Å². The summed E-state index contributed by atoms with van der Waals surface area (Å²) in [7, 11) is 1.96. The molecule has 138 valence electrons. The second-order valence-corrected chi connectivity index (χ2v) is 8.12. The van der Waals surface area contributed by atoms with Crippen LogP contribution >= 0.6 is 0 Å². The molecule has 0 amide bonds. The molecular formula is C22H28N2O2. The molecule has 3 rings (SSSR count). The zero-order valence-electron chi connectivity index (χ0n) is 16.2. The molecule has 0 fully saturated rings. The summed E-state index contributed by atoms with van der Waals surface area (Å²) in [6, 6.07) is 19.2. The van der Waals surface area contributed by atoms with Gasteiger partial charge in [-0.25, -0.2) is 4.90 Å². The third-order valence-corrected chi connectivity index (χ3v) is 6.03. The van der Waals surface area contributed by atoms with E-state index in [0.717, 1.165) is 15.9 Å². The third-order valence-electron chi connectivity index (χ3n) is 6.03. The van der Waals surface area contributed by atoms with Gasteiger partial charge in [-0.1, -0.05) is 60.7 Å². The standard InChI is InChI=1S/C22H28N2O2/c1-20(2)19(24(26)21(3,4)23(20)5)16-22(25,17-12-8-6-9-13-17)18-14-10-7-11-15-18/h6-15,25H,16H2,1-5H3. The molecule has 0 aromatic heterocycles. The Morgan fingerprint density at radius 2 is 1.35 bits per heavy atom. The van der Waals surface area contributed by atoms with Crippen LogP contribution < -0.4 is 0 Å². The van der Waals surface area contributed by atoms with Crippen molar-refractivity contribution in [2.45, 2.75) is 50.9 Å². The second kappa shape index (κ2) is 6.22. The van der Waals surface area contributed by atoms with E-state index in [1.165, 1.54) is 0 Å². The van der Waals surface area contributed by atoms with Gasteiger partial charge in [-0.05, 0) is 32.0 Å². The molecule has 4 heteroatoms. The van der Waals surface area contributed by atoms with Crippen molar-refractivity contribution in [3.05, 3.63) is 77.0 Å². The van der Waals surface area contributed by atoms with Crippen LogP contribution in [0.15, 0.2) is 60.7 Å². The van der Waals surface area contributed by atoms with Gasteiger partial charge < -0.3 is 10.3 Å². The van der Waals surface area contributed by atoms with E-state index < -0.39 is 16.8 Å². The van der Waals surface area contributed by atoms with Crippen molar-refractivity contribution in [3.8, 4) is 0 Å². The van der Waals surface area contributed by atoms with E-state index >= 15 is 0 Å². The van der Waals surface area contributed by atoms with Crippen molar-refractivity contribution in [3.63, 3.8) is 0 Å². The van der Waals surface area contributed by atoms with Gasteiger partial charge in [0.25, 0.3) is 0 Å². The number of hydrogen-bond donors (Lipinski definition) is 1. The highest BCUT2D eigenvalue weighted by atomic mass is 16.5. The van der Waals surface area contributed by atoms with Gasteiger partial charge in [-0.2, -0.15) is 4.74 Å². The van der Waals surface area contributed by atoms with E-state index in [1.807, 2.05) is 95.4 Å². The maximum absolute atomic E-state index is 13.1. The molecule has 0 unspecified atom stereocenters. The summed E-state index contributed by atoms with van der Waals surface area (Å²) in [5.41, 5.74) is -0.125. The Labute approximate surface area is 156 Å². The lowest BCUT2D eigenvalue weighted by molar-refractivity contribution is -0.557. The Morgan fingerprint density at radius 1 is 0.923 bits per heavy atom. The monoisotopic (exact) mass is 352 g/mol. The first-order valence-electron chi connectivity index (χ1n) is 9.03. The van der Waals surface area contributed by atoms with Crippen LogP contribution in [0.2, 0.25) is 0 Å². The summed E-state index contributed by atoms with van der Waals surface area (Å²) in [4.78, 5) is 2.07. The first-order chi connectivity index (χ1) is 12.1. The van der Waals surface area contributed by atoms with Gasteiger partial charge in [0.15, 0.2) is 5.71 Å². The van der Waals surface area contributed by atoms with Gasteiger partial charge in [0.2, 0.25) is 5.66 Å². The third kappa shape index (κ3) is 2.74. The lowest BCUT2D eigenvalue weighted by Gasteiger charge is -2.34. The summed E-state index contributed by atoms with van der Waals surface area (Å²) < 4.78 is 1.07. The van der Waals surface area contributed by atoms with Crippen LogP contribution in [0.3, 0.4) is 0 Å². The summed E-state index contributed by atoms with van der Waals surface area (Å²) in [6.07, 6.45) is 0.241. The highest BCUT2D eigenvalue weighted by Gasteiger charge is 2.56. The van der Waals surface area contributed by atoms with Gasteiger partial charge in [0.1, 0.15) is 11.1 Å². The number of benzene rings is 2. The van der Waals surface area contributed by atoms with Gasteiger partial charge in [-0.3, -0.25) is 0 Å². The smallest absolute Gasteiger partial charge is 0.224 e. The number of hydrogen-bond acceptors (Lipinski definition) is 3. The molecule has 2 aromatic rings. The molecule has 1 N–H and O–H groups in total. The number of hydroxylamine groups is 1. The molecule has 1 aliphatic heterocycles. The van der Waals surface area contributed by atoms with Crippen molar-refractivity contribution in [2.75, 3.05) is 7.05 Å². The van der Waals surface area contributed by atoms with Crippen molar-refractivity contribution in [1.82, 2.24) is 4.90 Å². The van der Waals surface area contributed by atoms with Gasteiger partial charge >= 0.3 is 0 Å². The van der Waals surface area contributed by atoms with Crippen molar-refractivity contribution in [1.29, 1.82) is 0 Å². The zero-order chi connectivity index (χ0) is 19.2. The normalized spacial score (nSPS) is 19.8. The minimum absolute atomic E-state index is 0.241. The molecule has 2 aromatic carbocycles. The molecule has 0 saturated heterocycles. The molecule has 0 radical (unpaired) electrons. The molecule has 0 bridgehead atoms. The largest absolute Gasteiger partial charge is 0.622 e. The first kappa shape index (κ1) is 18.6. The Kier molecular flexibility index (Phi) is 4.45. The Bertz CT molecular complexity index is 771. The predicted molar refractivity (Wildman–Crippen MR) is 105 cm³/mol. The fraction of sp³-hybridized carbons (Fsp3) is 0.409. The maximum Gasteiger partial charge on any atom is 0.224 e. The summed E-state index contributed by atoms with van der Waals surface area (Å²) in [5.74, 6) is 0. The zero-order valence-corrected chi connectivity index (χ0v) is 16.2. The molecular weight excluding hydrogens is 324 g/mol. The van der Waals surface area contributed by atoms with Gasteiger partial charge in [0.05, 0.1) is 6.42 Å².